The normalized spacial score (nSPS) is 11.6. The first-order valence-corrected chi connectivity index (χ1v) is 11.3. The largest absolute Gasteiger partial charge is 0.444 e. The molecule has 2 aromatic carbocycles. The van der Waals surface area contributed by atoms with Crippen molar-refractivity contribution in [3.8, 4) is 5.69 Å². The molecule has 0 spiro atoms. The van der Waals surface area contributed by atoms with Crippen LogP contribution in [0.5, 0.6) is 0 Å². The lowest BCUT2D eigenvalue weighted by Gasteiger charge is -2.24. The van der Waals surface area contributed by atoms with Gasteiger partial charge in [-0.3, -0.25) is 14.9 Å². The van der Waals surface area contributed by atoms with Gasteiger partial charge in [-0.05, 0) is 45.0 Å². The highest BCUT2D eigenvalue weighted by Crippen LogP contribution is 2.41. The van der Waals surface area contributed by atoms with Crippen LogP contribution >= 0.6 is 0 Å². The Balaban J connectivity index is 1.89. The molecule has 1 aromatic heterocycles. The molecule has 0 saturated heterocycles. The second-order valence-electron chi connectivity index (χ2n) is 9.47. The Bertz CT molecular complexity index is 1330. The number of carbonyl (C=O) groups excluding carboxylic acids is 3. The zero-order chi connectivity index (χ0) is 28.3. The minimum absolute atomic E-state index is 0.134. The van der Waals surface area contributed by atoms with Crippen molar-refractivity contribution < 1.29 is 32.3 Å². The molecule has 2 amide bonds. The molecule has 202 valence electrons. The molecule has 3 aromatic rings. The highest BCUT2D eigenvalue weighted by molar-refractivity contribution is 6.12. The Hall–Kier alpha value is -4.42. The Labute approximate surface area is 216 Å². The summed E-state index contributed by atoms with van der Waals surface area (Å²) in [6, 6.07) is 8.07. The topological polar surface area (TPSA) is 118 Å². The molecule has 0 bridgehead atoms. The molecule has 0 aliphatic carbocycles. The number of anilines is 3. The number of nitrogens with zero attached hydrogens (tertiary/aromatic N) is 4. The molecule has 0 saturated carbocycles. The van der Waals surface area contributed by atoms with E-state index in [0.29, 0.717) is 11.8 Å². The van der Waals surface area contributed by atoms with Gasteiger partial charge in [-0.25, -0.2) is 14.5 Å². The zero-order valence-electron chi connectivity index (χ0n) is 21.4. The molecular weight excluding hydrogens is 505 g/mol. The number of carbonyl (C=O) groups is 3. The standard InChI is InChI=1S/C25H27F3N6O4/c1-24(2,3)38-23(37)32-19-11-20(33(4)5)17(25(26,27)28)10-18(19)31-22(36)12-21(35)15-7-6-8-16(9-15)34-14-29-13-30-34/h6-11,13-14H,12H2,1-5H3,(H,31,36)(H,32,37). The Morgan fingerprint density at radius 3 is 2.29 bits per heavy atom. The van der Waals surface area contributed by atoms with Crippen molar-refractivity contribution in [2.24, 2.45) is 0 Å². The van der Waals surface area contributed by atoms with E-state index in [1.165, 1.54) is 48.5 Å². The number of nitrogens with one attached hydrogen (secondary N) is 2. The van der Waals surface area contributed by atoms with E-state index < -0.39 is 41.5 Å². The molecule has 0 aliphatic heterocycles. The lowest BCUT2D eigenvalue weighted by Crippen LogP contribution is -2.28. The van der Waals surface area contributed by atoms with Crippen LogP contribution in [0.2, 0.25) is 0 Å². The molecule has 38 heavy (non-hydrogen) atoms. The maximum absolute atomic E-state index is 13.8. The fourth-order valence-corrected chi connectivity index (χ4v) is 3.41. The lowest BCUT2D eigenvalue weighted by atomic mass is 10.1. The maximum atomic E-state index is 13.8. The summed E-state index contributed by atoms with van der Waals surface area (Å²) in [5, 5.41) is 8.69. The number of ether oxygens (including phenoxy) is 1. The first kappa shape index (κ1) is 28.2. The van der Waals surface area contributed by atoms with Gasteiger partial charge < -0.3 is 15.0 Å². The number of amides is 2. The van der Waals surface area contributed by atoms with Gasteiger partial charge in [0.15, 0.2) is 5.78 Å². The Morgan fingerprint density at radius 1 is 1.03 bits per heavy atom. The van der Waals surface area contributed by atoms with Crippen LogP contribution in [0.25, 0.3) is 5.69 Å². The van der Waals surface area contributed by atoms with E-state index in [2.05, 4.69) is 20.7 Å². The molecule has 0 radical (unpaired) electrons. The molecule has 13 heteroatoms. The summed E-state index contributed by atoms with van der Waals surface area (Å²) in [5.41, 5.74) is -1.92. The fourth-order valence-electron chi connectivity index (χ4n) is 3.41. The average Bonchev–Trinajstić information content (AvgIpc) is 3.33. The summed E-state index contributed by atoms with van der Waals surface area (Å²) < 4.78 is 48.1. The Kier molecular flexibility index (Phi) is 8.08. The number of hydrogen-bond acceptors (Lipinski definition) is 7. The van der Waals surface area contributed by atoms with Crippen LogP contribution in [0.15, 0.2) is 49.1 Å². The third-order valence-corrected chi connectivity index (χ3v) is 5.01. The summed E-state index contributed by atoms with van der Waals surface area (Å²) in [6.45, 7) is 4.87. The predicted octanol–water partition coefficient (Wildman–Crippen LogP) is 4.91. The quantitative estimate of drug-likeness (QED) is 0.328. The molecule has 3 rings (SSSR count). The van der Waals surface area contributed by atoms with E-state index >= 15 is 0 Å². The summed E-state index contributed by atoms with van der Waals surface area (Å²) in [7, 11) is 2.82. The van der Waals surface area contributed by atoms with Gasteiger partial charge in [0.05, 0.1) is 34.7 Å². The zero-order valence-corrected chi connectivity index (χ0v) is 21.4. The van der Waals surface area contributed by atoms with Crippen molar-refractivity contribution in [2.75, 3.05) is 29.6 Å². The van der Waals surface area contributed by atoms with Crippen molar-refractivity contribution >= 4 is 34.8 Å². The van der Waals surface area contributed by atoms with E-state index in [1.807, 2.05) is 0 Å². The van der Waals surface area contributed by atoms with Gasteiger partial charge in [0, 0.05) is 19.7 Å². The van der Waals surface area contributed by atoms with Crippen LogP contribution < -0.4 is 15.5 Å². The van der Waals surface area contributed by atoms with Crippen LogP contribution in [0.3, 0.4) is 0 Å². The van der Waals surface area contributed by atoms with Gasteiger partial charge in [-0.1, -0.05) is 12.1 Å². The van der Waals surface area contributed by atoms with E-state index in [-0.39, 0.29) is 22.6 Å². The van der Waals surface area contributed by atoms with Crippen LogP contribution in [0, 0.1) is 0 Å². The van der Waals surface area contributed by atoms with Gasteiger partial charge in [-0.15, -0.1) is 0 Å². The average molecular weight is 533 g/mol. The second-order valence-corrected chi connectivity index (χ2v) is 9.47. The molecule has 2 N–H and O–H groups in total. The highest BCUT2D eigenvalue weighted by atomic mass is 19.4. The number of Topliss-reactive ketones (excluding diaryl/α,β-unsaturated/α-hetero) is 1. The number of ketones is 1. The molecule has 0 fully saturated rings. The number of hydrogen-bond donors (Lipinski definition) is 2. The number of rotatable bonds is 7. The van der Waals surface area contributed by atoms with Crippen LogP contribution in [-0.2, 0) is 15.7 Å². The van der Waals surface area contributed by atoms with Crippen LogP contribution in [-0.4, -0.2) is 52.2 Å². The van der Waals surface area contributed by atoms with Crippen molar-refractivity contribution in [1.29, 1.82) is 0 Å². The predicted molar refractivity (Wildman–Crippen MR) is 135 cm³/mol. The van der Waals surface area contributed by atoms with Gasteiger partial charge in [0.1, 0.15) is 18.3 Å². The first-order valence-electron chi connectivity index (χ1n) is 11.3. The number of alkyl halides is 3. The lowest BCUT2D eigenvalue weighted by molar-refractivity contribution is -0.137. The van der Waals surface area contributed by atoms with Crippen LogP contribution in [0.4, 0.5) is 35.0 Å². The minimum atomic E-state index is -4.76. The number of halogens is 3. The maximum Gasteiger partial charge on any atom is 0.418 e. The van der Waals surface area contributed by atoms with Crippen molar-refractivity contribution in [3.05, 3.63) is 60.2 Å². The fraction of sp³-hybridized carbons (Fsp3) is 0.320. The smallest absolute Gasteiger partial charge is 0.418 e. The molecular formula is C25H27F3N6O4. The summed E-state index contributed by atoms with van der Waals surface area (Å²) >= 11 is 0. The van der Waals surface area contributed by atoms with Crippen molar-refractivity contribution in [1.82, 2.24) is 14.8 Å². The first-order chi connectivity index (χ1) is 17.6. The highest BCUT2D eigenvalue weighted by Gasteiger charge is 2.36. The summed E-state index contributed by atoms with van der Waals surface area (Å²) in [5.74, 6) is -1.45. The molecule has 10 nitrogen and oxygen atoms in total. The van der Waals surface area contributed by atoms with Gasteiger partial charge in [0.25, 0.3) is 0 Å². The van der Waals surface area contributed by atoms with E-state index in [1.54, 1.807) is 32.9 Å². The molecule has 0 atom stereocenters. The second kappa shape index (κ2) is 10.9. The molecule has 0 unspecified atom stereocenters. The number of aromatic nitrogens is 3. The third-order valence-electron chi connectivity index (χ3n) is 5.01. The third kappa shape index (κ3) is 7.31. The summed E-state index contributed by atoms with van der Waals surface area (Å²) in [4.78, 5) is 43.0. The monoisotopic (exact) mass is 532 g/mol. The van der Waals surface area contributed by atoms with Gasteiger partial charge in [-0.2, -0.15) is 18.3 Å². The summed E-state index contributed by atoms with van der Waals surface area (Å²) in [6.07, 6.45) is -3.60. The SMILES string of the molecule is CN(C)c1cc(NC(=O)OC(C)(C)C)c(NC(=O)CC(=O)c2cccc(-n3cncn3)c2)cc1C(F)(F)F. The molecule has 1 heterocycles. The van der Waals surface area contributed by atoms with Gasteiger partial charge in [0.2, 0.25) is 5.91 Å². The van der Waals surface area contributed by atoms with E-state index in [4.69, 9.17) is 4.74 Å². The minimum Gasteiger partial charge on any atom is -0.444 e. The van der Waals surface area contributed by atoms with Crippen LogP contribution in [0.1, 0.15) is 43.1 Å². The Morgan fingerprint density at radius 2 is 1.71 bits per heavy atom. The van der Waals surface area contributed by atoms with Crippen molar-refractivity contribution in [2.45, 2.75) is 39.0 Å². The number of benzene rings is 2. The van der Waals surface area contributed by atoms with Gasteiger partial charge >= 0.3 is 12.3 Å². The van der Waals surface area contributed by atoms with E-state index in [9.17, 15) is 27.6 Å². The van der Waals surface area contributed by atoms with Crippen molar-refractivity contribution in [3.63, 3.8) is 0 Å². The molecule has 0 aliphatic rings. The van der Waals surface area contributed by atoms with E-state index in [0.717, 1.165) is 6.07 Å².